The standard InChI is InChI=1S/C10H9BrClN3/c1-10(2-3-10)15-4-6(11)7-8(12)13-5-14-9(7)15/h4-5H,2-3H2,1H3. The highest BCUT2D eigenvalue weighted by molar-refractivity contribution is 9.10. The molecule has 0 aromatic carbocycles. The minimum atomic E-state index is 0.224. The fourth-order valence-electron chi connectivity index (χ4n) is 1.82. The van der Waals surface area contributed by atoms with Gasteiger partial charge in [-0.3, -0.25) is 0 Å². The van der Waals surface area contributed by atoms with E-state index in [1.54, 1.807) is 0 Å². The summed E-state index contributed by atoms with van der Waals surface area (Å²) in [4.78, 5) is 8.30. The molecule has 15 heavy (non-hydrogen) atoms. The van der Waals surface area contributed by atoms with E-state index in [1.807, 2.05) is 0 Å². The smallest absolute Gasteiger partial charge is 0.146 e. The lowest BCUT2D eigenvalue weighted by Crippen LogP contribution is -2.11. The summed E-state index contributed by atoms with van der Waals surface area (Å²) in [6.07, 6.45) is 5.97. The van der Waals surface area contributed by atoms with Crippen molar-refractivity contribution in [3.8, 4) is 0 Å². The summed E-state index contributed by atoms with van der Waals surface area (Å²) in [5.74, 6) is 0. The second-order valence-electron chi connectivity index (χ2n) is 4.21. The number of hydrogen-bond donors (Lipinski definition) is 0. The molecule has 0 unspecified atom stereocenters. The zero-order chi connectivity index (χ0) is 10.6. The normalized spacial score (nSPS) is 18.3. The summed E-state index contributed by atoms with van der Waals surface area (Å²) in [6.45, 7) is 2.23. The van der Waals surface area contributed by atoms with Crippen molar-refractivity contribution in [3.05, 3.63) is 22.1 Å². The molecule has 1 aliphatic rings. The monoisotopic (exact) mass is 285 g/mol. The van der Waals surface area contributed by atoms with E-state index in [1.165, 1.54) is 19.2 Å². The maximum atomic E-state index is 6.05. The van der Waals surface area contributed by atoms with Crippen LogP contribution >= 0.6 is 27.5 Å². The Morgan fingerprint density at radius 1 is 1.47 bits per heavy atom. The maximum absolute atomic E-state index is 6.05. The Balaban J connectivity index is 2.38. The van der Waals surface area contributed by atoms with Crippen molar-refractivity contribution in [2.45, 2.75) is 25.3 Å². The van der Waals surface area contributed by atoms with Gasteiger partial charge in [-0.2, -0.15) is 0 Å². The van der Waals surface area contributed by atoms with E-state index in [0.717, 1.165) is 15.5 Å². The van der Waals surface area contributed by atoms with Gasteiger partial charge in [0.15, 0.2) is 0 Å². The van der Waals surface area contributed by atoms with Gasteiger partial charge in [0.2, 0.25) is 0 Å². The third-order valence-corrected chi connectivity index (χ3v) is 3.93. The highest BCUT2D eigenvalue weighted by Gasteiger charge is 2.40. The van der Waals surface area contributed by atoms with E-state index in [9.17, 15) is 0 Å². The van der Waals surface area contributed by atoms with Crippen molar-refractivity contribution in [1.82, 2.24) is 14.5 Å². The van der Waals surface area contributed by atoms with Gasteiger partial charge >= 0.3 is 0 Å². The lowest BCUT2D eigenvalue weighted by molar-refractivity contribution is 0.547. The van der Waals surface area contributed by atoms with Crippen LogP contribution in [0.25, 0.3) is 11.0 Å². The van der Waals surface area contributed by atoms with E-state index in [2.05, 4.69) is 43.6 Å². The molecule has 3 rings (SSSR count). The predicted octanol–water partition coefficient (Wildman–Crippen LogP) is 3.36. The van der Waals surface area contributed by atoms with Gasteiger partial charge in [0, 0.05) is 16.2 Å². The Morgan fingerprint density at radius 2 is 2.20 bits per heavy atom. The number of hydrogen-bond acceptors (Lipinski definition) is 2. The average Bonchev–Trinajstić information content (AvgIpc) is 2.83. The van der Waals surface area contributed by atoms with Crippen LogP contribution in [0.1, 0.15) is 19.8 Å². The average molecular weight is 287 g/mol. The van der Waals surface area contributed by atoms with Crippen LogP contribution in [0, 0.1) is 0 Å². The number of rotatable bonds is 1. The van der Waals surface area contributed by atoms with Crippen molar-refractivity contribution < 1.29 is 0 Å². The van der Waals surface area contributed by atoms with Crippen molar-refractivity contribution in [2.75, 3.05) is 0 Å². The highest BCUT2D eigenvalue weighted by atomic mass is 79.9. The van der Waals surface area contributed by atoms with E-state index in [0.29, 0.717) is 5.15 Å². The van der Waals surface area contributed by atoms with E-state index < -0.39 is 0 Å². The predicted molar refractivity (Wildman–Crippen MR) is 63.1 cm³/mol. The molecular formula is C10H9BrClN3. The minimum absolute atomic E-state index is 0.224. The topological polar surface area (TPSA) is 30.7 Å². The molecule has 0 bridgehead atoms. The first-order valence-electron chi connectivity index (χ1n) is 4.79. The summed E-state index contributed by atoms with van der Waals surface area (Å²) < 4.78 is 3.16. The lowest BCUT2D eigenvalue weighted by Gasteiger charge is -2.11. The molecule has 0 amide bonds. The van der Waals surface area contributed by atoms with Crippen LogP contribution in [0.2, 0.25) is 5.15 Å². The van der Waals surface area contributed by atoms with Gasteiger partial charge in [0.05, 0.1) is 5.39 Å². The third kappa shape index (κ3) is 1.31. The number of fused-ring (bicyclic) bond motifs is 1. The number of nitrogens with zero attached hydrogens (tertiary/aromatic N) is 3. The molecule has 2 aromatic rings. The molecule has 1 aliphatic carbocycles. The molecular weight excluding hydrogens is 277 g/mol. The van der Waals surface area contributed by atoms with Crippen LogP contribution < -0.4 is 0 Å². The van der Waals surface area contributed by atoms with Crippen molar-refractivity contribution >= 4 is 38.6 Å². The molecule has 0 aliphatic heterocycles. The summed E-state index contributed by atoms with van der Waals surface area (Å²) in [5.41, 5.74) is 1.14. The van der Waals surface area contributed by atoms with Gasteiger partial charge in [-0.25, -0.2) is 9.97 Å². The molecule has 1 fully saturated rings. The van der Waals surface area contributed by atoms with Crippen molar-refractivity contribution in [2.24, 2.45) is 0 Å². The quantitative estimate of drug-likeness (QED) is 0.753. The zero-order valence-electron chi connectivity index (χ0n) is 8.17. The van der Waals surface area contributed by atoms with E-state index in [-0.39, 0.29) is 5.54 Å². The largest absolute Gasteiger partial charge is 0.325 e. The molecule has 2 aromatic heterocycles. The SMILES string of the molecule is CC1(n2cc(Br)c3c(Cl)ncnc32)CC1. The Bertz CT molecular complexity index is 545. The van der Waals surface area contributed by atoms with Gasteiger partial charge < -0.3 is 4.57 Å². The van der Waals surface area contributed by atoms with Crippen LogP contribution in [0.15, 0.2) is 17.0 Å². The second kappa shape index (κ2) is 2.95. The molecule has 0 spiro atoms. The van der Waals surface area contributed by atoms with Crippen molar-refractivity contribution in [3.63, 3.8) is 0 Å². The summed E-state index contributed by atoms with van der Waals surface area (Å²) >= 11 is 9.56. The zero-order valence-corrected chi connectivity index (χ0v) is 10.5. The Morgan fingerprint density at radius 3 is 2.87 bits per heavy atom. The first kappa shape index (κ1) is 9.60. The van der Waals surface area contributed by atoms with Crippen molar-refractivity contribution in [1.29, 1.82) is 0 Å². The van der Waals surface area contributed by atoms with Crippen LogP contribution in [-0.2, 0) is 5.54 Å². The molecule has 0 radical (unpaired) electrons. The van der Waals surface area contributed by atoms with Gasteiger partial charge in [0.1, 0.15) is 17.1 Å². The fourth-order valence-corrected chi connectivity index (χ4v) is 2.73. The van der Waals surface area contributed by atoms with E-state index in [4.69, 9.17) is 11.6 Å². The molecule has 3 nitrogen and oxygen atoms in total. The van der Waals surface area contributed by atoms with Crippen LogP contribution in [0.5, 0.6) is 0 Å². The molecule has 1 saturated carbocycles. The second-order valence-corrected chi connectivity index (χ2v) is 5.42. The molecule has 2 heterocycles. The lowest BCUT2D eigenvalue weighted by atomic mass is 10.3. The van der Waals surface area contributed by atoms with Gasteiger partial charge in [-0.05, 0) is 35.7 Å². The first-order valence-corrected chi connectivity index (χ1v) is 5.96. The molecule has 78 valence electrons. The Hall–Kier alpha value is -0.610. The number of aromatic nitrogens is 3. The third-order valence-electron chi connectivity index (χ3n) is 3.05. The summed E-state index contributed by atoms with van der Waals surface area (Å²) in [7, 11) is 0. The Labute approximate surface area is 101 Å². The fraction of sp³-hybridized carbons (Fsp3) is 0.400. The first-order chi connectivity index (χ1) is 7.12. The van der Waals surface area contributed by atoms with Gasteiger partial charge in [0.25, 0.3) is 0 Å². The summed E-state index contributed by atoms with van der Waals surface area (Å²) in [6, 6.07) is 0. The van der Waals surface area contributed by atoms with Crippen LogP contribution in [-0.4, -0.2) is 14.5 Å². The van der Waals surface area contributed by atoms with Gasteiger partial charge in [-0.1, -0.05) is 11.6 Å². The van der Waals surface area contributed by atoms with Crippen LogP contribution in [0.3, 0.4) is 0 Å². The van der Waals surface area contributed by atoms with Gasteiger partial charge in [-0.15, -0.1) is 0 Å². The maximum Gasteiger partial charge on any atom is 0.146 e. The molecule has 0 atom stereocenters. The summed E-state index contributed by atoms with van der Waals surface area (Å²) in [5, 5.41) is 1.42. The minimum Gasteiger partial charge on any atom is -0.325 e. The number of halogens is 2. The molecule has 0 N–H and O–H groups in total. The molecule has 5 heteroatoms. The van der Waals surface area contributed by atoms with E-state index >= 15 is 0 Å². The Kier molecular flexibility index (Phi) is 1.89. The van der Waals surface area contributed by atoms with Crippen LogP contribution in [0.4, 0.5) is 0 Å². The molecule has 0 saturated heterocycles. The highest BCUT2D eigenvalue weighted by Crippen LogP contribution is 2.46.